The second kappa shape index (κ2) is 5.59. The molecule has 0 aromatic heterocycles. The highest BCUT2D eigenvalue weighted by atomic mass is 35.5. The lowest BCUT2D eigenvalue weighted by Gasteiger charge is -2.12. The average Bonchev–Trinajstić information content (AvgIpc) is 2.90. The van der Waals surface area contributed by atoms with Crippen LogP contribution in [-0.2, 0) is 24.4 Å². The number of fused-ring (bicyclic) bond motifs is 1. The van der Waals surface area contributed by atoms with Gasteiger partial charge in [0.05, 0.1) is 18.6 Å². The topological polar surface area (TPSA) is 9.23 Å². The van der Waals surface area contributed by atoms with Gasteiger partial charge in [-0.25, -0.2) is 0 Å². The molecule has 0 saturated carbocycles. The molecule has 2 aromatic rings. The minimum Gasteiger partial charge on any atom is -0.372 e. The Bertz CT molecular complexity index is 633. The molecule has 0 aliphatic carbocycles. The molecule has 104 valence electrons. The van der Waals surface area contributed by atoms with Crippen molar-refractivity contribution in [3.8, 4) is 0 Å². The molecule has 1 heterocycles. The van der Waals surface area contributed by atoms with Crippen molar-refractivity contribution in [3.05, 3.63) is 69.8 Å². The molecular weight excluding hydrogens is 268 g/mol. The summed E-state index contributed by atoms with van der Waals surface area (Å²) in [6.45, 7) is 5.74. The van der Waals surface area contributed by atoms with Gasteiger partial charge in [0, 0.05) is 0 Å². The molecule has 2 aromatic carbocycles. The van der Waals surface area contributed by atoms with Crippen molar-refractivity contribution in [1.82, 2.24) is 0 Å². The van der Waals surface area contributed by atoms with Gasteiger partial charge in [0.2, 0.25) is 0 Å². The zero-order valence-electron chi connectivity index (χ0n) is 11.9. The van der Waals surface area contributed by atoms with Crippen LogP contribution in [0.1, 0.15) is 38.8 Å². The Labute approximate surface area is 125 Å². The first-order valence-electron chi connectivity index (χ1n) is 7.03. The molecule has 0 fully saturated rings. The van der Waals surface area contributed by atoms with Crippen LogP contribution in [0.3, 0.4) is 0 Å². The Balaban J connectivity index is 1.78. The monoisotopic (exact) mass is 286 g/mol. The summed E-state index contributed by atoms with van der Waals surface area (Å²) < 4.78 is 5.45. The summed E-state index contributed by atoms with van der Waals surface area (Å²) in [5.41, 5.74) is 7.72. The molecule has 0 radical (unpaired) electrons. The number of aryl methyl sites for hydroxylation is 2. The molecule has 20 heavy (non-hydrogen) atoms. The van der Waals surface area contributed by atoms with Crippen molar-refractivity contribution in [2.75, 3.05) is 0 Å². The Morgan fingerprint density at radius 2 is 1.80 bits per heavy atom. The normalized spacial score (nSPS) is 15.2. The maximum absolute atomic E-state index is 6.59. The zero-order chi connectivity index (χ0) is 14.1. The van der Waals surface area contributed by atoms with Crippen LogP contribution < -0.4 is 0 Å². The number of ether oxygens (including phenoxy) is 1. The molecule has 0 saturated heterocycles. The molecule has 1 aliphatic heterocycles. The van der Waals surface area contributed by atoms with Gasteiger partial charge in [-0.3, -0.25) is 0 Å². The molecule has 0 amide bonds. The Morgan fingerprint density at radius 3 is 2.60 bits per heavy atom. The zero-order valence-corrected chi connectivity index (χ0v) is 12.7. The summed E-state index contributed by atoms with van der Waals surface area (Å²) in [6.07, 6.45) is 0.863. The smallest absolute Gasteiger partial charge is 0.0725 e. The average molecular weight is 287 g/mol. The number of rotatable bonds is 3. The summed E-state index contributed by atoms with van der Waals surface area (Å²) in [5.74, 6) is 0. The van der Waals surface area contributed by atoms with Gasteiger partial charge in [-0.2, -0.15) is 0 Å². The quantitative estimate of drug-likeness (QED) is 0.733. The van der Waals surface area contributed by atoms with Crippen molar-refractivity contribution in [3.63, 3.8) is 0 Å². The number of hydrogen-bond acceptors (Lipinski definition) is 1. The highest BCUT2D eigenvalue weighted by Crippen LogP contribution is 2.29. The molecule has 0 bridgehead atoms. The van der Waals surface area contributed by atoms with Gasteiger partial charge in [0.1, 0.15) is 0 Å². The first-order chi connectivity index (χ1) is 9.63. The van der Waals surface area contributed by atoms with E-state index in [0.29, 0.717) is 0 Å². The van der Waals surface area contributed by atoms with Crippen LogP contribution in [0.4, 0.5) is 0 Å². The minimum atomic E-state index is 0.0167. The van der Waals surface area contributed by atoms with E-state index in [-0.39, 0.29) is 5.38 Å². The first-order valence-corrected chi connectivity index (χ1v) is 7.47. The fourth-order valence-corrected chi connectivity index (χ4v) is 2.96. The Kier molecular flexibility index (Phi) is 3.82. The first kappa shape index (κ1) is 13.7. The largest absolute Gasteiger partial charge is 0.372 e. The summed E-state index contributed by atoms with van der Waals surface area (Å²) in [5, 5.41) is 0.0167. The van der Waals surface area contributed by atoms with E-state index in [1.54, 1.807) is 0 Å². The van der Waals surface area contributed by atoms with Crippen molar-refractivity contribution < 1.29 is 4.74 Å². The van der Waals surface area contributed by atoms with Crippen molar-refractivity contribution in [1.29, 1.82) is 0 Å². The van der Waals surface area contributed by atoms with E-state index in [9.17, 15) is 0 Å². The van der Waals surface area contributed by atoms with Crippen LogP contribution in [-0.4, -0.2) is 0 Å². The molecule has 0 N–H and O–H groups in total. The Hall–Kier alpha value is -1.31. The molecule has 1 atom stereocenters. The molecule has 2 heteroatoms. The second-order valence-electron chi connectivity index (χ2n) is 5.61. The van der Waals surface area contributed by atoms with Crippen LogP contribution in [0.2, 0.25) is 0 Å². The van der Waals surface area contributed by atoms with Gasteiger partial charge in [0.15, 0.2) is 0 Å². The van der Waals surface area contributed by atoms with Gasteiger partial charge >= 0.3 is 0 Å². The van der Waals surface area contributed by atoms with Crippen LogP contribution in [0, 0.1) is 13.8 Å². The molecule has 1 aliphatic rings. The SMILES string of the molecule is Cc1ccc(CC(Cl)c2ccc3c(c2)COC3)cc1C. The van der Waals surface area contributed by atoms with E-state index in [1.807, 2.05) is 0 Å². The van der Waals surface area contributed by atoms with E-state index >= 15 is 0 Å². The van der Waals surface area contributed by atoms with Crippen molar-refractivity contribution >= 4 is 11.6 Å². The predicted octanol–water partition coefficient (Wildman–Crippen LogP) is 4.86. The lowest BCUT2D eigenvalue weighted by atomic mass is 9.98. The summed E-state index contributed by atoms with van der Waals surface area (Å²) in [6, 6.07) is 13.1. The fourth-order valence-electron chi connectivity index (χ4n) is 2.64. The van der Waals surface area contributed by atoms with E-state index in [1.165, 1.54) is 33.4 Å². The van der Waals surface area contributed by atoms with E-state index in [2.05, 4.69) is 50.2 Å². The standard InChI is InChI=1S/C18H19ClO/c1-12-3-4-14(7-13(12)2)8-18(19)15-5-6-16-10-20-11-17(16)9-15/h3-7,9,18H,8,10-11H2,1-2H3. The van der Waals surface area contributed by atoms with Crippen LogP contribution in [0.25, 0.3) is 0 Å². The summed E-state index contributed by atoms with van der Waals surface area (Å²) in [7, 11) is 0. The molecule has 1 nitrogen and oxygen atoms in total. The van der Waals surface area contributed by atoms with E-state index < -0.39 is 0 Å². The third kappa shape index (κ3) is 2.74. The van der Waals surface area contributed by atoms with E-state index in [0.717, 1.165) is 19.6 Å². The number of hydrogen-bond donors (Lipinski definition) is 0. The minimum absolute atomic E-state index is 0.0167. The van der Waals surface area contributed by atoms with Gasteiger partial charge in [-0.05, 0) is 53.6 Å². The molecule has 0 spiro atoms. The fraction of sp³-hybridized carbons (Fsp3) is 0.333. The highest BCUT2D eigenvalue weighted by Gasteiger charge is 2.15. The van der Waals surface area contributed by atoms with Crippen LogP contribution in [0.5, 0.6) is 0 Å². The van der Waals surface area contributed by atoms with Crippen LogP contribution >= 0.6 is 11.6 Å². The number of alkyl halides is 1. The Morgan fingerprint density at radius 1 is 1.00 bits per heavy atom. The van der Waals surface area contributed by atoms with Crippen LogP contribution in [0.15, 0.2) is 36.4 Å². The predicted molar refractivity (Wildman–Crippen MR) is 83.1 cm³/mol. The maximum atomic E-state index is 6.59. The number of halogens is 1. The summed E-state index contributed by atoms with van der Waals surface area (Å²) in [4.78, 5) is 0. The van der Waals surface area contributed by atoms with Gasteiger partial charge in [0.25, 0.3) is 0 Å². The third-order valence-electron chi connectivity index (χ3n) is 4.09. The highest BCUT2D eigenvalue weighted by molar-refractivity contribution is 6.20. The third-order valence-corrected chi connectivity index (χ3v) is 4.50. The molecule has 3 rings (SSSR count). The van der Waals surface area contributed by atoms with Gasteiger partial charge in [-0.1, -0.05) is 36.4 Å². The maximum Gasteiger partial charge on any atom is 0.0725 e. The summed E-state index contributed by atoms with van der Waals surface area (Å²) >= 11 is 6.59. The van der Waals surface area contributed by atoms with Crippen molar-refractivity contribution in [2.24, 2.45) is 0 Å². The number of benzene rings is 2. The van der Waals surface area contributed by atoms with Gasteiger partial charge < -0.3 is 4.74 Å². The second-order valence-corrected chi connectivity index (χ2v) is 6.14. The lowest BCUT2D eigenvalue weighted by molar-refractivity contribution is 0.134. The molecule has 1 unspecified atom stereocenters. The lowest BCUT2D eigenvalue weighted by Crippen LogP contribution is -1.98. The molecular formula is C18H19ClO. The van der Waals surface area contributed by atoms with E-state index in [4.69, 9.17) is 16.3 Å². The van der Waals surface area contributed by atoms with Gasteiger partial charge in [-0.15, -0.1) is 11.6 Å². The van der Waals surface area contributed by atoms with Crippen molar-refractivity contribution in [2.45, 2.75) is 38.9 Å².